The molecule has 0 fully saturated rings. The van der Waals surface area contributed by atoms with E-state index < -0.39 is 0 Å². The monoisotopic (exact) mass is 199 g/mol. The van der Waals surface area contributed by atoms with Crippen molar-refractivity contribution >= 4 is 11.8 Å². The van der Waals surface area contributed by atoms with Crippen LogP contribution in [0.4, 0.5) is 0 Å². The topological polar surface area (TPSA) is 8.81 Å². The van der Waals surface area contributed by atoms with Gasteiger partial charge < -0.3 is 0 Å². The zero-order valence-electron chi connectivity index (χ0n) is 8.57. The van der Waals surface area contributed by atoms with Crippen LogP contribution in [0.2, 0.25) is 0 Å². The number of unbranched alkanes of at least 4 members (excludes halogenated alkanes) is 1. The van der Waals surface area contributed by atoms with Gasteiger partial charge in [0.25, 0.3) is 0 Å². The van der Waals surface area contributed by atoms with Crippen LogP contribution in [0.15, 0.2) is 18.7 Å². The van der Waals surface area contributed by atoms with Crippen molar-refractivity contribution in [3.63, 3.8) is 0 Å². The Bertz CT molecular complexity index is 233. The molecular formula is C10H19N2S+. The van der Waals surface area contributed by atoms with Gasteiger partial charge in [0.1, 0.15) is 18.3 Å². The van der Waals surface area contributed by atoms with E-state index in [0.29, 0.717) is 0 Å². The summed E-state index contributed by atoms with van der Waals surface area (Å²) in [6, 6.07) is 0. The van der Waals surface area contributed by atoms with Crippen molar-refractivity contribution in [3.05, 3.63) is 18.7 Å². The van der Waals surface area contributed by atoms with Crippen molar-refractivity contribution in [3.8, 4) is 0 Å². The maximum atomic E-state index is 2.24. The van der Waals surface area contributed by atoms with Gasteiger partial charge in [0.2, 0.25) is 6.33 Å². The minimum Gasteiger partial charge on any atom is -0.237 e. The number of aromatic nitrogens is 2. The first kappa shape index (κ1) is 10.6. The van der Waals surface area contributed by atoms with Crippen LogP contribution in [0.1, 0.15) is 26.7 Å². The predicted molar refractivity (Wildman–Crippen MR) is 57.7 cm³/mol. The highest BCUT2D eigenvalue weighted by Crippen LogP contribution is 2.03. The second kappa shape index (κ2) is 6.08. The predicted octanol–water partition coefficient (Wildman–Crippen LogP) is 2.29. The van der Waals surface area contributed by atoms with E-state index in [2.05, 4.69) is 41.7 Å². The molecule has 0 aliphatic carbocycles. The molecule has 0 aliphatic rings. The Kier molecular flexibility index (Phi) is 4.98. The lowest BCUT2D eigenvalue weighted by Gasteiger charge is -1.95. The van der Waals surface area contributed by atoms with E-state index in [1.54, 1.807) is 0 Å². The lowest BCUT2D eigenvalue weighted by molar-refractivity contribution is -0.675. The van der Waals surface area contributed by atoms with Gasteiger partial charge in [0, 0.05) is 0 Å². The highest BCUT2D eigenvalue weighted by Gasteiger charge is 2.00. The quantitative estimate of drug-likeness (QED) is 0.504. The lowest BCUT2D eigenvalue weighted by atomic mass is 10.4. The Morgan fingerprint density at radius 2 is 2.23 bits per heavy atom. The Labute approximate surface area is 85.0 Å². The summed E-state index contributed by atoms with van der Waals surface area (Å²) in [7, 11) is 0. The van der Waals surface area contributed by atoms with Gasteiger partial charge >= 0.3 is 0 Å². The van der Waals surface area contributed by atoms with E-state index in [4.69, 9.17) is 0 Å². The molecule has 1 aromatic heterocycles. The van der Waals surface area contributed by atoms with Gasteiger partial charge in [-0.1, -0.05) is 13.3 Å². The number of aryl methyl sites for hydroxylation is 1. The Morgan fingerprint density at radius 3 is 2.85 bits per heavy atom. The van der Waals surface area contributed by atoms with Crippen molar-refractivity contribution in [2.75, 3.05) is 5.75 Å². The molecule has 13 heavy (non-hydrogen) atoms. The van der Waals surface area contributed by atoms with Gasteiger partial charge in [-0.2, -0.15) is 0 Å². The Morgan fingerprint density at radius 1 is 1.38 bits per heavy atom. The molecule has 0 N–H and O–H groups in total. The van der Waals surface area contributed by atoms with Crippen molar-refractivity contribution in [1.82, 2.24) is 4.57 Å². The van der Waals surface area contributed by atoms with Crippen molar-refractivity contribution < 1.29 is 4.57 Å². The van der Waals surface area contributed by atoms with Crippen molar-refractivity contribution in [1.29, 1.82) is 0 Å². The molecule has 0 aliphatic heterocycles. The standard InChI is InChI=1S/C10H19N2S/c1-3-5-8-13-10-12-7-6-11(4-2)9-12/h6-7,9H,3-5,8,10H2,1-2H3/q+1. The second-order valence-electron chi connectivity index (χ2n) is 3.15. The van der Waals surface area contributed by atoms with Crippen LogP contribution in [0.25, 0.3) is 0 Å². The van der Waals surface area contributed by atoms with Crippen LogP contribution in [0.3, 0.4) is 0 Å². The third-order valence-electron chi connectivity index (χ3n) is 1.99. The zero-order chi connectivity index (χ0) is 9.52. The number of imidazole rings is 1. The van der Waals surface area contributed by atoms with E-state index in [1.165, 1.54) is 18.6 Å². The van der Waals surface area contributed by atoms with E-state index >= 15 is 0 Å². The molecule has 0 amide bonds. The number of rotatable bonds is 6. The summed E-state index contributed by atoms with van der Waals surface area (Å²) < 4.78 is 4.43. The molecule has 2 nitrogen and oxygen atoms in total. The van der Waals surface area contributed by atoms with Crippen LogP contribution in [-0.4, -0.2) is 10.3 Å². The van der Waals surface area contributed by atoms with Crippen LogP contribution in [0.5, 0.6) is 0 Å². The van der Waals surface area contributed by atoms with Crippen molar-refractivity contribution in [2.45, 2.75) is 39.1 Å². The molecule has 1 aromatic rings. The molecule has 0 aromatic carbocycles. The number of hydrogen-bond donors (Lipinski definition) is 0. The fraction of sp³-hybridized carbons (Fsp3) is 0.700. The van der Waals surface area contributed by atoms with Crippen LogP contribution in [-0.2, 0) is 12.4 Å². The maximum Gasteiger partial charge on any atom is 0.244 e. The van der Waals surface area contributed by atoms with Gasteiger partial charge in [0.15, 0.2) is 0 Å². The van der Waals surface area contributed by atoms with Gasteiger partial charge in [-0.05, 0) is 19.1 Å². The summed E-state index contributed by atoms with van der Waals surface area (Å²) in [4.78, 5) is 0. The minimum atomic E-state index is 1.06. The molecule has 0 saturated carbocycles. The number of thioether (sulfide) groups is 1. The van der Waals surface area contributed by atoms with Crippen molar-refractivity contribution in [2.24, 2.45) is 0 Å². The van der Waals surface area contributed by atoms with E-state index in [1.807, 2.05) is 11.8 Å². The first-order chi connectivity index (χ1) is 6.36. The van der Waals surface area contributed by atoms with Gasteiger partial charge in [-0.3, -0.25) is 0 Å². The third kappa shape index (κ3) is 3.85. The molecule has 1 heterocycles. The largest absolute Gasteiger partial charge is 0.244 e. The summed E-state index contributed by atoms with van der Waals surface area (Å²) in [6.07, 6.45) is 9.06. The molecule has 0 saturated heterocycles. The van der Waals surface area contributed by atoms with Crippen LogP contribution >= 0.6 is 11.8 Å². The summed E-state index contributed by atoms with van der Waals surface area (Å²) in [5, 5.41) is 0. The zero-order valence-corrected chi connectivity index (χ0v) is 9.39. The molecule has 0 bridgehead atoms. The van der Waals surface area contributed by atoms with E-state index in [0.717, 1.165) is 12.4 Å². The molecule has 0 radical (unpaired) electrons. The second-order valence-corrected chi connectivity index (χ2v) is 4.22. The number of nitrogens with zero attached hydrogens (tertiary/aromatic N) is 2. The van der Waals surface area contributed by atoms with Gasteiger partial charge in [-0.25, -0.2) is 9.13 Å². The Balaban J connectivity index is 2.20. The van der Waals surface area contributed by atoms with Gasteiger partial charge in [0.05, 0.1) is 6.54 Å². The fourth-order valence-corrected chi connectivity index (χ4v) is 2.10. The highest BCUT2D eigenvalue weighted by molar-refractivity contribution is 7.98. The highest BCUT2D eigenvalue weighted by atomic mass is 32.2. The molecule has 3 heteroatoms. The average Bonchev–Trinajstić information content (AvgIpc) is 2.60. The smallest absolute Gasteiger partial charge is 0.237 e. The van der Waals surface area contributed by atoms with Gasteiger partial charge in [-0.15, -0.1) is 11.8 Å². The average molecular weight is 199 g/mol. The third-order valence-corrected chi connectivity index (χ3v) is 3.05. The van der Waals surface area contributed by atoms with E-state index in [9.17, 15) is 0 Å². The molecule has 0 atom stereocenters. The summed E-state index contributed by atoms with van der Waals surface area (Å²) >= 11 is 2.00. The number of hydrogen-bond acceptors (Lipinski definition) is 1. The normalized spacial score (nSPS) is 10.6. The summed E-state index contributed by atoms with van der Waals surface area (Å²) in [5.41, 5.74) is 0. The summed E-state index contributed by atoms with van der Waals surface area (Å²) in [5.74, 6) is 2.37. The SMILES string of the molecule is CCCCSC[n+]1ccn(CC)c1. The van der Waals surface area contributed by atoms with Crippen LogP contribution < -0.4 is 4.57 Å². The molecule has 1 rings (SSSR count). The minimum absolute atomic E-state index is 1.06. The molecule has 74 valence electrons. The summed E-state index contributed by atoms with van der Waals surface area (Å²) in [6.45, 7) is 5.46. The van der Waals surface area contributed by atoms with E-state index in [-0.39, 0.29) is 0 Å². The lowest BCUT2D eigenvalue weighted by Crippen LogP contribution is -2.29. The molecular weight excluding hydrogens is 180 g/mol. The van der Waals surface area contributed by atoms with Crippen LogP contribution in [0, 0.1) is 0 Å². The first-order valence-electron chi connectivity index (χ1n) is 4.99. The first-order valence-corrected chi connectivity index (χ1v) is 6.14. The Hall–Kier alpha value is -0.440. The molecule has 0 spiro atoms. The fourth-order valence-electron chi connectivity index (χ4n) is 1.12. The molecule has 0 unspecified atom stereocenters. The maximum absolute atomic E-state index is 2.24.